The van der Waals surface area contributed by atoms with Gasteiger partial charge in [0, 0.05) is 42.3 Å². The highest BCUT2D eigenvalue weighted by Crippen LogP contribution is 2.60. The van der Waals surface area contributed by atoms with Crippen LogP contribution in [0.15, 0.2) is 35.9 Å². The first-order valence-electron chi connectivity index (χ1n) is 8.65. The lowest BCUT2D eigenvalue weighted by atomic mass is 9.56. The molecule has 3 aliphatic heterocycles. The minimum atomic E-state index is 0.222. The molecule has 1 aliphatic carbocycles. The van der Waals surface area contributed by atoms with Crippen LogP contribution in [-0.4, -0.2) is 41.8 Å². The molecule has 4 aliphatic rings. The lowest BCUT2D eigenvalue weighted by Gasteiger charge is -2.54. The number of benzene rings is 1. The summed E-state index contributed by atoms with van der Waals surface area (Å²) in [6.45, 7) is 4.76. The number of hydrogen-bond donors (Lipinski definition) is 2. The van der Waals surface area contributed by atoms with Crippen LogP contribution in [0.4, 0.5) is 5.69 Å². The SMILES string of the molecule is C/C=C1\CN2CCC34c5ccccc5NC3C(CO)[C@H]1CC24. The summed E-state index contributed by atoms with van der Waals surface area (Å²) in [7, 11) is 0. The number of allylic oxidation sites excluding steroid dienone is 1. The zero-order chi connectivity index (χ0) is 14.9. The first-order chi connectivity index (χ1) is 10.8. The summed E-state index contributed by atoms with van der Waals surface area (Å²) in [4.78, 5) is 2.70. The van der Waals surface area contributed by atoms with Gasteiger partial charge in [0.25, 0.3) is 0 Å². The molecule has 1 saturated carbocycles. The average molecular weight is 296 g/mol. The minimum Gasteiger partial charge on any atom is -0.396 e. The van der Waals surface area contributed by atoms with Crippen molar-refractivity contribution in [3.05, 3.63) is 41.5 Å². The van der Waals surface area contributed by atoms with Gasteiger partial charge >= 0.3 is 0 Å². The highest BCUT2D eigenvalue weighted by Gasteiger charge is 2.64. The lowest BCUT2D eigenvalue weighted by Crippen LogP contribution is -2.62. The number of aliphatic hydroxyl groups is 1. The van der Waals surface area contributed by atoms with E-state index in [1.807, 2.05) is 0 Å². The van der Waals surface area contributed by atoms with Crippen LogP contribution >= 0.6 is 0 Å². The van der Waals surface area contributed by atoms with Crippen molar-refractivity contribution >= 4 is 5.69 Å². The van der Waals surface area contributed by atoms with Crippen molar-refractivity contribution in [1.29, 1.82) is 0 Å². The summed E-state index contributed by atoms with van der Waals surface area (Å²) in [5, 5.41) is 14.0. The van der Waals surface area contributed by atoms with Gasteiger partial charge in [-0.25, -0.2) is 0 Å². The fraction of sp³-hybridized carbons (Fsp3) is 0.579. The van der Waals surface area contributed by atoms with E-state index in [2.05, 4.69) is 47.5 Å². The van der Waals surface area contributed by atoms with E-state index in [-0.39, 0.29) is 5.41 Å². The standard InChI is InChI=1S/C19H24N2O/c1-2-12-10-21-8-7-19-15-5-3-4-6-16(15)20-18(19)14(11-22)13(12)9-17(19)21/h2-6,13-14,17-18,20,22H,7-11H2,1H3/b12-2+/t13-,14?,17?,18?,19?/m0/s1. The Morgan fingerprint density at radius 1 is 1.41 bits per heavy atom. The van der Waals surface area contributed by atoms with Gasteiger partial charge in [0.1, 0.15) is 0 Å². The van der Waals surface area contributed by atoms with Crippen molar-refractivity contribution in [3.63, 3.8) is 0 Å². The van der Waals surface area contributed by atoms with Crippen molar-refractivity contribution in [2.75, 3.05) is 25.0 Å². The monoisotopic (exact) mass is 296 g/mol. The van der Waals surface area contributed by atoms with E-state index in [1.165, 1.54) is 30.6 Å². The molecule has 22 heavy (non-hydrogen) atoms. The van der Waals surface area contributed by atoms with E-state index >= 15 is 0 Å². The molecule has 3 fully saturated rings. The number of rotatable bonds is 1. The summed E-state index contributed by atoms with van der Waals surface area (Å²) in [6, 6.07) is 9.89. The summed E-state index contributed by atoms with van der Waals surface area (Å²) in [5.41, 5.74) is 4.58. The summed E-state index contributed by atoms with van der Waals surface area (Å²) < 4.78 is 0. The van der Waals surface area contributed by atoms with Crippen LogP contribution in [0.25, 0.3) is 0 Å². The van der Waals surface area contributed by atoms with Gasteiger partial charge in [0.2, 0.25) is 0 Å². The molecule has 3 heteroatoms. The Morgan fingerprint density at radius 2 is 2.27 bits per heavy atom. The molecule has 5 rings (SSSR count). The van der Waals surface area contributed by atoms with Crippen molar-refractivity contribution in [2.24, 2.45) is 11.8 Å². The average Bonchev–Trinajstić information content (AvgIpc) is 3.11. The third kappa shape index (κ3) is 1.35. The molecular formula is C19H24N2O. The largest absolute Gasteiger partial charge is 0.396 e. The Labute approximate surface area is 132 Å². The number of nitrogens with zero attached hydrogens (tertiary/aromatic N) is 1. The smallest absolute Gasteiger partial charge is 0.0484 e. The molecule has 2 saturated heterocycles. The Balaban J connectivity index is 1.71. The summed E-state index contributed by atoms with van der Waals surface area (Å²) in [5.74, 6) is 0.893. The van der Waals surface area contributed by atoms with Crippen molar-refractivity contribution < 1.29 is 5.11 Å². The second-order valence-electron chi connectivity index (χ2n) is 7.50. The molecule has 1 spiro atoms. The third-order valence-corrected chi connectivity index (χ3v) is 7.01. The Bertz CT molecular complexity index is 655. The van der Waals surface area contributed by atoms with E-state index in [1.54, 1.807) is 5.57 Å². The number of piperidine rings is 1. The van der Waals surface area contributed by atoms with Crippen LogP contribution in [0.1, 0.15) is 25.3 Å². The van der Waals surface area contributed by atoms with Crippen LogP contribution in [-0.2, 0) is 5.41 Å². The fourth-order valence-corrected chi connectivity index (χ4v) is 6.13. The van der Waals surface area contributed by atoms with Crippen molar-refractivity contribution in [3.8, 4) is 0 Å². The van der Waals surface area contributed by atoms with Crippen molar-refractivity contribution in [2.45, 2.75) is 37.3 Å². The Morgan fingerprint density at radius 3 is 3.09 bits per heavy atom. The quantitative estimate of drug-likeness (QED) is 0.781. The molecule has 1 aromatic rings. The number of anilines is 1. The maximum atomic E-state index is 10.2. The second-order valence-corrected chi connectivity index (χ2v) is 7.50. The fourth-order valence-electron chi connectivity index (χ4n) is 6.13. The van der Waals surface area contributed by atoms with Gasteiger partial charge in [-0.15, -0.1) is 0 Å². The molecular weight excluding hydrogens is 272 g/mol. The zero-order valence-corrected chi connectivity index (χ0v) is 13.1. The molecule has 116 valence electrons. The van der Waals surface area contributed by atoms with Gasteiger partial charge in [-0.05, 0) is 43.9 Å². The number of fused-ring (bicyclic) bond motifs is 2. The summed E-state index contributed by atoms with van der Waals surface area (Å²) in [6.07, 6.45) is 4.75. The van der Waals surface area contributed by atoms with Crippen LogP contribution in [0.5, 0.6) is 0 Å². The van der Waals surface area contributed by atoms with Gasteiger partial charge in [0.15, 0.2) is 0 Å². The van der Waals surface area contributed by atoms with Gasteiger partial charge < -0.3 is 10.4 Å². The van der Waals surface area contributed by atoms with E-state index in [0.717, 1.165) is 6.54 Å². The zero-order valence-electron chi connectivity index (χ0n) is 13.1. The highest BCUT2D eigenvalue weighted by atomic mass is 16.3. The van der Waals surface area contributed by atoms with Crippen LogP contribution in [0.2, 0.25) is 0 Å². The molecule has 0 aromatic heterocycles. The van der Waals surface area contributed by atoms with Gasteiger partial charge in [-0.2, -0.15) is 0 Å². The molecule has 5 atom stereocenters. The molecule has 0 radical (unpaired) electrons. The maximum Gasteiger partial charge on any atom is 0.0484 e. The normalized spacial score (nSPS) is 43.8. The van der Waals surface area contributed by atoms with E-state index < -0.39 is 0 Å². The van der Waals surface area contributed by atoms with Gasteiger partial charge in [0.05, 0.1) is 0 Å². The van der Waals surface area contributed by atoms with Gasteiger partial charge in [-0.3, -0.25) is 4.90 Å². The van der Waals surface area contributed by atoms with Crippen molar-refractivity contribution in [1.82, 2.24) is 4.90 Å². The topological polar surface area (TPSA) is 35.5 Å². The number of para-hydroxylation sites is 1. The molecule has 2 N–H and O–H groups in total. The van der Waals surface area contributed by atoms with E-state index in [4.69, 9.17) is 0 Å². The van der Waals surface area contributed by atoms with Crippen LogP contribution < -0.4 is 5.32 Å². The second kappa shape index (κ2) is 4.36. The number of nitrogens with one attached hydrogen (secondary N) is 1. The first kappa shape index (κ1) is 13.1. The third-order valence-electron chi connectivity index (χ3n) is 7.01. The molecule has 3 heterocycles. The Hall–Kier alpha value is -1.32. The Kier molecular flexibility index (Phi) is 2.61. The number of hydrogen-bond acceptors (Lipinski definition) is 3. The maximum absolute atomic E-state index is 10.2. The van der Waals surface area contributed by atoms with Crippen LogP contribution in [0.3, 0.4) is 0 Å². The molecule has 4 unspecified atom stereocenters. The highest BCUT2D eigenvalue weighted by molar-refractivity contribution is 5.65. The molecule has 2 bridgehead atoms. The van der Waals surface area contributed by atoms with Crippen LogP contribution in [0, 0.1) is 11.8 Å². The molecule has 3 nitrogen and oxygen atoms in total. The van der Waals surface area contributed by atoms with Gasteiger partial charge in [-0.1, -0.05) is 29.8 Å². The summed E-state index contributed by atoms with van der Waals surface area (Å²) >= 11 is 0. The first-order valence-corrected chi connectivity index (χ1v) is 8.65. The lowest BCUT2D eigenvalue weighted by molar-refractivity contribution is 0.0298. The predicted molar refractivity (Wildman–Crippen MR) is 87.9 cm³/mol. The molecule has 1 aromatic carbocycles. The number of aliphatic hydroxyl groups excluding tert-OH is 1. The minimum absolute atomic E-state index is 0.222. The van der Waals surface area contributed by atoms with E-state index in [9.17, 15) is 5.11 Å². The van der Waals surface area contributed by atoms with E-state index in [0.29, 0.717) is 30.5 Å². The molecule has 0 amide bonds. The predicted octanol–water partition coefficient (Wildman–Crippen LogP) is 2.38.